The summed E-state index contributed by atoms with van der Waals surface area (Å²) in [7, 11) is -4.55. The molecular weight excluding hydrogens is 300 g/mol. The van der Waals surface area contributed by atoms with Gasteiger partial charge in [-0.2, -0.15) is 26.3 Å². The Morgan fingerprint density at radius 1 is 1.00 bits per heavy atom. The molecule has 0 radical (unpaired) electrons. The summed E-state index contributed by atoms with van der Waals surface area (Å²) in [6.45, 7) is 0.623. The molecule has 0 aliphatic rings. The molecule has 0 aliphatic carbocycles. The van der Waals surface area contributed by atoms with E-state index in [4.69, 9.17) is 0 Å². The third-order valence-electron chi connectivity index (χ3n) is 2.31. The van der Waals surface area contributed by atoms with Crippen LogP contribution in [0.4, 0.5) is 26.3 Å². The van der Waals surface area contributed by atoms with Crippen molar-refractivity contribution in [2.75, 3.05) is 0 Å². The summed E-state index contributed by atoms with van der Waals surface area (Å²) in [4.78, 5) is -0.993. The van der Waals surface area contributed by atoms with E-state index in [0.29, 0.717) is 13.0 Å². The lowest BCUT2D eigenvalue weighted by atomic mass is 10.0. The maximum Gasteiger partial charge on any atom is 0.417 e. The number of halogens is 6. The lowest BCUT2D eigenvalue weighted by molar-refractivity contribution is -0.162. The van der Waals surface area contributed by atoms with Gasteiger partial charge in [0.25, 0.3) is 0 Å². The Kier molecular flexibility index (Phi) is 3.63. The smallest absolute Gasteiger partial charge is 0.225 e. The molecule has 1 aromatic carbocycles. The molecule has 0 aliphatic heterocycles. The normalized spacial score (nSPS) is 13.7. The minimum Gasteiger partial charge on any atom is -0.225 e. The zero-order chi connectivity index (χ0) is 15.2. The fourth-order valence-corrected chi connectivity index (χ4v) is 2.39. The minimum atomic E-state index is -5.35. The second kappa shape index (κ2) is 4.37. The van der Waals surface area contributed by atoms with Gasteiger partial charge in [-0.05, 0) is 24.6 Å². The second-order valence-electron chi connectivity index (χ2n) is 3.65. The van der Waals surface area contributed by atoms with Crippen molar-refractivity contribution in [1.29, 1.82) is 0 Å². The number of alkyl halides is 6. The molecule has 19 heavy (non-hydrogen) atoms. The molecule has 0 aromatic heterocycles. The Balaban J connectivity index is 3.81. The third-order valence-corrected chi connectivity index (χ3v) is 3.37. The lowest BCUT2D eigenvalue weighted by Gasteiger charge is -2.19. The Labute approximate surface area is 104 Å². The van der Waals surface area contributed by atoms with Gasteiger partial charge in [0, 0.05) is 0 Å². The lowest BCUT2D eigenvalue weighted by Crippen LogP contribution is -2.22. The van der Waals surface area contributed by atoms with E-state index >= 15 is 0 Å². The molecule has 0 bridgehead atoms. The molecule has 3 nitrogen and oxygen atoms in total. The van der Waals surface area contributed by atoms with Crippen LogP contribution in [0.25, 0.3) is 0 Å². The Morgan fingerprint density at radius 2 is 1.47 bits per heavy atom. The number of hydrogen-bond acceptors (Lipinski definition) is 2. The number of benzene rings is 1. The minimum absolute atomic E-state index is 0.0512. The summed E-state index contributed by atoms with van der Waals surface area (Å²) >= 11 is 0. The van der Waals surface area contributed by atoms with Crippen LogP contribution in [0.3, 0.4) is 0 Å². The van der Waals surface area contributed by atoms with Crippen molar-refractivity contribution >= 4 is 10.0 Å². The van der Waals surface area contributed by atoms with E-state index in [0.717, 1.165) is 0 Å². The molecular formula is C9H7F6NO2S. The molecule has 1 aromatic rings. The first-order valence-corrected chi connectivity index (χ1v) is 6.11. The van der Waals surface area contributed by atoms with E-state index in [1.54, 1.807) is 0 Å². The summed E-state index contributed by atoms with van der Waals surface area (Å²) in [5.41, 5.74) is -5.08. The van der Waals surface area contributed by atoms with E-state index in [2.05, 4.69) is 5.14 Å². The van der Waals surface area contributed by atoms with Crippen molar-refractivity contribution in [3.63, 3.8) is 0 Å². The fourth-order valence-electron chi connectivity index (χ4n) is 1.60. The molecule has 0 spiro atoms. The van der Waals surface area contributed by atoms with Gasteiger partial charge in [0.05, 0.1) is 16.0 Å². The fraction of sp³-hybridized carbons (Fsp3) is 0.333. The van der Waals surface area contributed by atoms with Crippen LogP contribution in [0, 0.1) is 6.92 Å². The van der Waals surface area contributed by atoms with Crippen molar-refractivity contribution in [1.82, 2.24) is 0 Å². The van der Waals surface area contributed by atoms with Crippen LogP contribution in [0.1, 0.15) is 16.7 Å². The van der Waals surface area contributed by atoms with Gasteiger partial charge in [0.1, 0.15) is 0 Å². The van der Waals surface area contributed by atoms with Crippen LogP contribution < -0.4 is 5.14 Å². The van der Waals surface area contributed by atoms with E-state index in [-0.39, 0.29) is 6.07 Å². The largest absolute Gasteiger partial charge is 0.417 e. The Hall–Kier alpha value is -1.29. The van der Waals surface area contributed by atoms with Gasteiger partial charge in [-0.15, -0.1) is 0 Å². The first-order chi connectivity index (χ1) is 8.26. The number of primary sulfonamides is 1. The van der Waals surface area contributed by atoms with Crippen molar-refractivity contribution in [2.24, 2.45) is 5.14 Å². The van der Waals surface area contributed by atoms with Crippen molar-refractivity contribution in [3.8, 4) is 0 Å². The quantitative estimate of drug-likeness (QED) is 0.811. The summed E-state index contributed by atoms with van der Waals surface area (Å²) in [6, 6.07) is 0.457. The average molecular weight is 307 g/mol. The van der Waals surface area contributed by atoms with Crippen LogP contribution in [0.2, 0.25) is 0 Å². The van der Waals surface area contributed by atoms with E-state index in [1.165, 1.54) is 0 Å². The SMILES string of the molecule is Cc1c(S(N)(=O)=O)ccc(C(F)(F)F)c1C(F)(F)F. The highest BCUT2D eigenvalue weighted by molar-refractivity contribution is 7.89. The standard InChI is InChI=1S/C9H7F6NO2S/c1-4-6(19(16,17)18)3-2-5(8(10,11)12)7(4)9(13,14)15/h2-3H,1H3,(H2,16,17,18). The van der Waals surface area contributed by atoms with Gasteiger partial charge >= 0.3 is 12.4 Å². The molecule has 0 fully saturated rings. The van der Waals surface area contributed by atoms with E-state index in [1.807, 2.05) is 0 Å². The molecule has 10 heteroatoms. The second-order valence-corrected chi connectivity index (χ2v) is 5.18. The molecule has 0 atom stereocenters. The molecule has 0 saturated carbocycles. The van der Waals surface area contributed by atoms with Crippen LogP contribution >= 0.6 is 0 Å². The Bertz CT molecular complexity index is 602. The number of nitrogens with two attached hydrogens (primary N) is 1. The van der Waals surface area contributed by atoms with Gasteiger partial charge < -0.3 is 0 Å². The zero-order valence-electron chi connectivity index (χ0n) is 9.22. The highest BCUT2D eigenvalue weighted by Gasteiger charge is 2.45. The van der Waals surface area contributed by atoms with Crippen LogP contribution in [0.15, 0.2) is 17.0 Å². The monoisotopic (exact) mass is 307 g/mol. The van der Waals surface area contributed by atoms with E-state index in [9.17, 15) is 34.8 Å². The number of rotatable bonds is 1. The molecule has 0 heterocycles. The van der Waals surface area contributed by atoms with Crippen LogP contribution in [-0.4, -0.2) is 8.42 Å². The molecule has 0 amide bonds. The van der Waals surface area contributed by atoms with Gasteiger partial charge in [-0.3, -0.25) is 0 Å². The van der Waals surface area contributed by atoms with Gasteiger partial charge in [0.2, 0.25) is 10.0 Å². The summed E-state index contributed by atoms with van der Waals surface area (Å²) < 4.78 is 97.6. The Morgan fingerprint density at radius 3 is 1.79 bits per heavy atom. The molecule has 108 valence electrons. The summed E-state index contributed by atoms with van der Waals surface area (Å²) in [5.74, 6) is 0. The van der Waals surface area contributed by atoms with Crippen molar-refractivity contribution in [2.45, 2.75) is 24.2 Å². The third kappa shape index (κ3) is 3.18. The van der Waals surface area contributed by atoms with Gasteiger partial charge in [0.15, 0.2) is 0 Å². The predicted octanol–water partition coefficient (Wildman–Crippen LogP) is 2.68. The topological polar surface area (TPSA) is 60.2 Å². The predicted molar refractivity (Wildman–Crippen MR) is 52.6 cm³/mol. The van der Waals surface area contributed by atoms with Crippen LogP contribution in [0.5, 0.6) is 0 Å². The molecule has 0 saturated heterocycles. The first kappa shape index (κ1) is 15.8. The molecule has 1 rings (SSSR count). The van der Waals surface area contributed by atoms with Gasteiger partial charge in [-0.25, -0.2) is 13.6 Å². The molecule has 2 N–H and O–H groups in total. The molecule has 0 unspecified atom stereocenters. The summed E-state index contributed by atoms with van der Waals surface area (Å²) in [6.07, 6.45) is -10.6. The highest BCUT2D eigenvalue weighted by Crippen LogP contribution is 2.43. The maximum atomic E-state index is 12.7. The zero-order valence-corrected chi connectivity index (χ0v) is 10.0. The first-order valence-electron chi connectivity index (χ1n) is 4.57. The van der Waals surface area contributed by atoms with Gasteiger partial charge in [-0.1, -0.05) is 0 Å². The number of hydrogen-bond donors (Lipinski definition) is 1. The highest BCUT2D eigenvalue weighted by atomic mass is 32.2. The number of sulfonamides is 1. The van der Waals surface area contributed by atoms with Crippen molar-refractivity contribution in [3.05, 3.63) is 28.8 Å². The average Bonchev–Trinajstić information content (AvgIpc) is 2.11. The maximum absolute atomic E-state index is 12.7. The van der Waals surface area contributed by atoms with Crippen LogP contribution in [-0.2, 0) is 22.4 Å². The van der Waals surface area contributed by atoms with Crippen molar-refractivity contribution < 1.29 is 34.8 Å². The van der Waals surface area contributed by atoms with E-state index < -0.39 is 44.0 Å². The summed E-state index contributed by atoms with van der Waals surface area (Å²) in [5, 5.41) is 4.65.